The van der Waals surface area contributed by atoms with Crippen molar-refractivity contribution in [2.75, 3.05) is 0 Å². The molecular formula is C14H20N2O. The van der Waals surface area contributed by atoms with Crippen LogP contribution in [-0.4, -0.2) is 15.7 Å². The summed E-state index contributed by atoms with van der Waals surface area (Å²) in [5, 5.41) is 14.2. The Morgan fingerprint density at radius 2 is 2.12 bits per heavy atom. The van der Waals surface area contributed by atoms with Crippen molar-refractivity contribution in [1.82, 2.24) is 9.88 Å². The molecule has 0 aliphatic heterocycles. The third-order valence-electron chi connectivity index (χ3n) is 3.02. The Bertz CT molecular complexity index is 514. The number of phenolic OH excluding ortho intramolecular Hbond substituents is 1. The third kappa shape index (κ3) is 2.29. The van der Waals surface area contributed by atoms with Crippen LogP contribution in [-0.2, 0) is 13.1 Å². The van der Waals surface area contributed by atoms with Gasteiger partial charge in [0.25, 0.3) is 0 Å². The topological polar surface area (TPSA) is 37.2 Å². The minimum atomic E-state index is 0.362. The minimum Gasteiger partial charge on any atom is -0.507 e. The second-order valence-electron chi connectivity index (χ2n) is 4.63. The SMILES string of the molecule is CCn1c(CNC(C)C)cc2c(O)cccc21. The van der Waals surface area contributed by atoms with E-state index in [4.69, 9.17) is 0 Å². The summed E-state index contributed by atoms with van der Waals surface area (Å²) in [6.07, 6.45) is 0. The fourth-order valence-corrected chi connectivity index (χ4v) is 2.15. The van der Waals surface area contributed by atoms with E-state index in [0.29, 0.717) is 11.8 Å². The van der Waals surface area contributed by atoms with E-state index >= 15 is 0 Å². The maximum atomic E-state index is 9.85. The number of nitrogens with one attached hydrogen (secondary N) is 1. The maximum absolute atomic E-state index is 9.85. The van der Waals surface area contributed by atoms with Crippen molar-refractivity contribution < 1.29 is 5.11 Å². The van der Waals surface area contributed by atoms with Gasteiger partial charge in [-0.05, 0) is 25.1 Å². The number of hydrogen-bond acceptors (Lipinski definition) is 2. The molecule has 0 spiro atoms. The van der Waals surface area contributed by atoms with Gasteiger partial charge in [0.15, 0.2) is 0 Å². The summed E-state index contributed by atoms with van der Waals surface area (Å²) in [6, 6.07) is 8.22. The Hall–Kier alpha value is -1.48. The van der Waals surface area contributed by atoms with Gasteiger partial charge in [-0.15, -0.1) is 0 Å². The number of nitrogens with zero attached hydrogens (tertiary/aromatic N) is 1. The van der Waals surface area contributed by atoms with Gasteiger partial charge in [-0.25, -0.2) is 0 Å². The fourth-order valence-electron chi connectivity index (χ4n) is 2.15. The highest BCUT2D eigenvalue weighted by molar-refractivity contribution is 5.87. The number of aromatic nitrogens is 1. The molecule has 0 saturated carbocycles. The predicted molar refractivity (Wildman–Crippen MR) is 71.3 cm³/mol. The highest BCUT2D eigenvalue weighted by Crippen LogP contribution is 2.27. The third-order valence-corrected chi connectivity index (χ3v) is 3.02. The van der Waals surface area contributed by atoms with Crippen LogP contribution >= 0.6 is 0 Å². The lowest BCUT2D eigenvalue weighted by atomic mass is 10.2. The van der Waals surface area contributed by atoms with Crippen LogP contribution < -0.4 is 5.32 Å². The molecule has 0 aliphatic rings. The van der Waals surface area contributed by atoms with E-state index in [-0.39, 0.29) is 0 Å². The molecule has 1 aromatic heterocycles. The lowest BCUT2D eigenvalue weighted by Gasteiger charge is -2.11. The Morgan fingerprint density at radius 3 is 2.76 bits per heavy atom. The Labute approximate surface area is 102 Å². The van der Waals surface area contributed by atoms with Gasteiger partial charge < -0.3 is 15.0 Å². The second kappa shape index (κ2) is 4.80. The molecule has 2 aromatic rings. The first kappa shape index (κ1) is 12.0. The van der Waals surface area contributed by atoms with Crippen LogP contribution in [0.2, 0.25) is 0 Å². The van der Waals surface area contributed by atoms with Gasteiger partial charge in [0.2, 0.25) is 0 Å². The Kier molecular flexibility index (Phi) is 3.38. The predicted octanol–water partition coefficient (Wildman–Crippen LogP) is 2.86. The van der Waals surface area contributed by atoms with Gasteiger partial charge in [0.1, 0.15) is 5.75 Å². The molecule has 3 heteroatoms. The zero-order valence-corrected chi connectivity index (χ0v) is 10.7. The van der Waals surface area contributed by atoms with Crippen LogP contribution in [0, 0.1) is 0 Å². The Morgan fingerprint density at radius 1 is 1.35 bits per heavy atom. The first-order valence-corrected chi connectivity index (χ1v) is 6.17. The molecule has 92 valence electrons. The average molecular weight is 232 g/mol. The molecule has 0 atom stereocenters. The molecule has 0 bridgehead atoms. The average Bonchev–Trinajstić information content (AvgIpc) is 2.65. The summed E-state index contributed by atoms with van der Waals surface area (Å²) in [4.78, 5) is 0. The van der Waals surface area contributed by atoms with Gasteiger partial charge in [-0.1, -0.05) is 19.9 Å². The maximum Gasteiger partial charge on any atom is 0.124 e. The zero-order valence-electron chi connectivity index (χ0n) is 10.7. The summed E-state index contributed by atoms with van der Waals surface area (Å²) in [7, 11) is 0. The normalized spacial score (nSPS) is 11.5. The van der Waals surface area contributed by atoms with Gasteiger partial charge in [0, 0.05) is 30.2 Å². The largest absolute Gasteiger partial charge is 0.507 e. The summed E-state index contributed by atoms with van der Waals surface area (Å²) >= 11 is 0. The van der Waals surface area contributed by atoms with Gasteiger partial charge in [0.05, 0.1) is 5.52 Å². The van der Waals surface area contributed by atoms with Crippen LogP contribution in [0.4, 0.5) is 0 Å². The van der Waals surface area contributed by atoms with Crippen LogP contribution in [0.3, 0.4) is 0 Å². The molecule has 2 rings (SSSR count). The standard InChI is InChI=1S/C14H20N2O/c1-4-16-11(9-15-10(2)3)8-12-13(16)6-5-7-14(12)17/h5-8,10,15,17H,4,9H2,1-3H3. The molecule has 17 heavy (non-hydrogen) atoms. The number of benzene rings is 1. The van der Waals surface area contributed by atoms with Crippen molar-refractivity contribution in [3.8, 4) is 5.75 Å². The summed E-state index contributed by atoms with van der Waals surface area (Å²) in [5.74, 6) is 0.362. The summed E-state index contributed by atoms with van der Waals surface area (Å²) in [6.45, 7) is 8.15. The van der Waals surface area contributed by atoms with E-state index < -0.39 is 0 Å². The first-order chi connectivity index (χ1) is 8.13. The number of phenols is 1. The van der Waals surface area contributed by atoms with E-state index in [2.05, 4.69) is 42.8 Å². The number of fused-ring (bicyclic) bond motifs is 1. The fraction of sp³-hybridized carbons (Fsp3) is 0.429. The minimum absolute atomic E-state index is 0.362. The number of aryl methyl sites for hydroxylation is 1. The van der Waals surface area contributed by atoms with Crippen LogP contribution in [0.5, 0.6) is 5.75 Å². The van der Waals surface area contributed by atoms with Crippen molar-refractivity contribution in [3.63, 3.8) is 0 Å². The molecular weight excluding hydrogens is 212 g/mol. The number of hydrogen-bond donors (Lipinski definition) is 2. The van der Waals surface area contributed by atoms with Crippen molar-refractivity contribution in [1.29, 1.82) is 0 Å². The summed E-state index contributed by atoms with van der Waals surface area (Å²) in [5.41, 5.74) is 2.32. The molecule has 3 nitrogen and oxygen atoms in total. The van der Waals surface area contributed by atoms with E-state index in [1.165, 1.54) is 5.69 Å². The lowest BCUT2D eigenvalue weighted by molar-refractivity contribution is 0.481. The molecule has 0 amide bonds. The van der Waals surface area contributed by atoms with Crippen LogP contribution in [0.1, 0.15) is 26.5 Å². The van der Waals surface area contributed by atoms with Crippen LogP contribution in [0.25, 0.3) is 10.9 Å². The van der Waals surface area contributed by atoms with Crippen molar-refractivity contribution in [2.45, 2.75) is 39.9 Å². The van der Waals surface area contributed by atoms with Gasteiger partial charge in [-0.2, -0.15) is 0 Å². The van der Waals surface area contributed by atoms with E-state index in [9.17, 15) is 5.11 Å². The number of aromatic hydroxyl groups is 1. The second-order valence-corrected chi connectivity index (χ2v) is 4.63. The monoisotopic (exact) mass is 232 g/mol. The molecule has 0 aliphatic carbocycles. The highest BCUT2D eigenvalue weighted by Gasteiger charge is 2.10. The zero-order chi connectivity index (χ0) is 12.4. The molecule has 0 saturated heterocycles. The highest BCUT2D eigenvalue weighted by atomic mass is 16.3. The summed E-state index contributed by atoms with van der Waals surface area (Å²) < 4.78 is 2.24. The van der Waals surface area contributed by atoms with E-state index in [1.807, 2.05) is 6.07 Å². The number of rotatable bonds is 4. The molecule has 1 aromatic carbocycles. The molecule has 0 radical (unpaired) electrons. The van der Waals surface area contributed by atoms with Gasteiger partial charge >= 0.3 is 0 Å². The van der Waals surface area contributed by atoms with Crippen molar-refractivity contribution in [2.24, 2.45) is 0 Å². The molecule has 1 heterocycles. The quantitative estimate of drug-likeness (QED) is 0.850. The Balaban J connectivity index is 2.44. The van der Waals surface area contributed by atoms with Crippen molar-refractivity contribution >= 4 is 10.9 Å². The first-order valence-electron chi connectivity index (χ1n) is 6.17. The van der Waals surface area contributed by atoms with E-state index in [0.717, 1.165) is 24.0 Å². The molecule has 0 unspecified atom stereocenters. The van der Waals surface area contributed by atoms with E-state index in [1.54, 1.807) is 6.07 Å². The van der Waals surface area contributed by atoms with Gasteiger partial charge in [-0.3, -0.25) is 0 Å². The lowest BCUT2D eigenvalue weighted by Crippen LogP contribution is -2.23. The molecule has 2 N–H and O–H groups in total. The smallest absolute Gasteiger partial charge is 0.124 e. The molecule has 0 fully saturated rings. The van der Waals surface area contributed by atoms with Crippen molar-refractivity contribution in [3.05, 3.63) is 30.0 Å². The van der Waals surface area contributed by atoms with Crippen LogP contribution in [0.15, 0.2) is 24.3 Å².